The first kappa shape index (κ1) is 12.8. The lowest BCUT2D eigenvalue weighted by Gasteiger charge is -2.17. The number of rotatable bonds is 2. The molecule has 1 aromatic carbocycles. The van der Waals surface area contributed by atoms with Crippen LogP contribution in [0.5, 0.6) is 0 Å². The molecule has 0 spiro atoms. The summed E-state index contributed by atoms with van der Waals surface area (Å²) < 4.78 is 0. The maximum absolute atomic E-state index is 12.3. The van der Waals surface area contributed by atoms with Crippen molar-refractivity contribution in [2.75, 3.05) is 11.9 Å². The van der Waals surface area contributed by atoms with Crippen molar-refractivity contribution in [2.45, 2.75) is 6.92 Å². The zero-order valence-electron chi connectivity index (χ0n) is 10.8. The molecule has 0 aliphatic carbocycles. The SMILES string of the molecule is Cc1ccc(N(C)C(=O)c2cnccc2C#N)cc1. The Kier molecular flexibility index (Phi) is 3.58. The molecule has 0 bridgehead atoms. The molecule has 1 heterocycles. The van der Waals surface area contributed by atoms with Crippen LogP contribution in [-0.2, 0) is 0 Å². The molecule has 4 heteroatoms. The number of nitriles is 1. The highest BCUT2D eigenvalue weighted by Crippen LogP contribution is 2.17. The highest BCUT2D eigenvalue weighted by molar-refractivity contribution is 6.07. The lowest BCUT2D eigenvalue weighted by molar-refractivity contribution is 0.0992. The summed E-state index contributed by atoms with van der Waals surface area (Å²) in [6, 6.07) is 11.2. The number of benzene rings is 1. The van der Waals surface area contributed by atoms with E-state index in [0.29, 0.717) is 11.1 Å². The smallest absolute Gasteiger partial charge is 0.260 e. The molecular formula is C15H13N3O. The van der Waals surface area contributed by atoms with E-state index in [1.165, 1.54) is 23.4 Å². The van der Waals surface area contributed by atoms with Gasteiger partial charge in [0.25, 0.3) is 5.91 Å². The summed E-state index contributed by atoms with van der Waals surface area (Å²) in [6.45, 7) is 1.99. The average molecular weight is 251 g/mol. The molecule has 0 N–H and O–H groups in total. The quantitative estimate of drug-likeness (QED) is 0.824. The normalized spacial score (nSPS) is 9.74. The van der Waals surface area contributed by atoms with E-state index >= 15 is 0 Å². The monoisotopic (exact) mass is 251 g/mol. The number of aryl methyl sites for hydroxylation is 1. The van der Waals surface area contributed by atoms with Crippen LogP contribution in [0.1, 0.15) is 21.5 Å². The van der Waals surface area contributed by atoms with Crippen molar-refractivity contribution in [3.63, 3.8) is 0 Å². The van der Waals surface area contributed by atoms with E-state index in [-0.39, 0.29) is 5.91 Å². The first-order valence-electron chi connectivity index (χ1n) is 5.82. The standard InChI is InChI=1S/C15H13N3O/c1-11-3-5-13(6-4-11)18(2)15(19)14-10-17-8-7-12(14)9-16/h3-8,10H,1-2H3. The van der Waals surface area contributed by atoms with Crippen molar-refractivity contribution in [3.05, 3.63) is 59.4 Å². The lowest BCUT2D eigenvalue weighted by atomic mass is 10.1. The van der Waals surface area contributed by atoms with Crippen LogP contribution in [0, 0.1) is 18.3 Å². The minimum Gasteiger partial charge on any atom is -0.311 e. The van der Waals surface area contributed by atoms with Gasteiger partial charge < -0.3 is 4.90 Å². The Labute approximate surface area is 111 Å². The van der Waals surface area contributed by atoms with Crippen LogP contribution in [0.4, 0.5) is 5.69 Å². The average Bonchev–Trinajstić information content (AvgIpc) is 2.46. The van der Waals surface area contributed by atoms with Crippen LogP contribution in [0.15, 0.2) is 42.7 Å². The number of carbonyl (C=O) groups excluding carboxylic acids is 1. The van der Waals surface area contributed by atoms with Gasteiger partial charge in [0.1, 0.15) is 6.07 Å². The van der Waals surface area contributed by atoms with Gasteiger partial charge in [-0.05, 0) is 25.1 Å². The number of anilines is 1. The fourth-order valence-electron chi connectivity index (χ4n) is 1.73. The summed E-state index contributed by atoms with van der Waals surface area (Å²) in [6.07, 6.45) is 2.92. The van der Waals surface area contributed by atoms with Gasteiger partial charge in [-0.25, -0.2) is 0 Å². The lowest BCUT2D eigenvalue weighted by Crippen LogP contribution is -2.27. The Morgan fingerprint density at radius 3 is 2.58 bits per heavy atom. The summed E-state index contributed by atoms with van der Waals surface area (Å²) in [7, 11) is 1.68. The van der Waals surface area contributed by atoms with Gasteiger partial charge in [0.2, 0.25) is 0 Å². The maximum atomic E-state index is 12.3. The largest absolute Gasteiger partial charge is 0.311 e. The minimum absolute atomic E-state index is 0.242. The van der Waals surface area contributed by atoms with E-state index in [1.54, 1.807) is 7.05 Å². The van der Waals surface area contributed by atoms with E-state index in [4.69, 9.17) is 5.26 Å². The number of hydrogen-bond donors (Lipinski definition) is 0. The van der Waals surface area contributed by atoms with Gasteiger partial charge in [-0.1, -0.05) is 17.7 Å². The molecule has 4 nitrogen and oxygen atoms in total. The summed E-state index contributed by atoms with van der Waals surface area (Å²) in [5, 5.41) is 9.01. The van der Waals surface area contributed by atoms with Gasteiger partial charge in [-0.15, -0.1) is 0 Å². The zero-order valence-corrected chi connectivity index (χ0v) is 10.8. The molecule has 0 aliphatic heterocycles. The molecule has 1 aromatic heterocycles. The number of aromatic nitrogens is 1. The Balaban J connectivity index is 2.34. The van der Waals surface area contributed by atoms with Crippen LogP contribution >= 0.6 is 0 Å². The van der Waals surface area contributed by atoms with Gasteiger partial charge in [0.15, 0.2) is 0 Å². The first-order chi connectivity index (χ1) is 9.13. The van der Waals surface area contributed by atoms with E-state index in [9.17, 15) is 4.79 Å². The molecule has 0 atom stereocenters. The van der Waals surface area contributed by atoms with Gasteiger partial charge in [0.05, 0.1) is 11.1 Å². The van der Waals surface area contributed by atoms with E-state index in [1.807, 2.05) is 37.3 Å². The number of hydrogen-bond acceptors (Lipinski definition) is 3. The van der Waals surface area contributed by atoms with Crippen molar-refractivity contribution < 1.29 is 4.79 Å². The van der Waals surface area contributed by atoms with Gasteiger partial charge >= 0.3 is 0 Å². The molecule has 0 aliphatic rings. The highest BCUT2D eigenvalue weighted by atomic mass is 16.2. The summed E-state index contributed by atoms with van der Waals surface area (Å²) in [5.41, 5.74) is 2.55. The maximum Gasteiger partial charge on any atom is 0.260 e. The predicted octanol–water partition coefficient (Wildman–Crippen LogP) is 2.54. The molecule has 19 heavy (non-hydrogen) atoms. The van der Waals surface area contributed by atoms with Crippen LogP contribution in [-0.4, -0.2) is 17.9 Å². The Bertz CT molecular complexity index is 641. The molecule has 0 saturated carbocycles. The Morgan fingerprint density at radius 1 is 1.26 bits per heavy atom. The van der Waals surface area contributed by atoms with Crippen LogP contribution in [0.25, 0.3) is 0 Å². The number of pyridine rings is 1. The molecule has 2 rings (SSSR count). The second-order valence-corrected chi connectivity index (χ2v) is 4.23. The molecule has 0 radical (unpaired) electrons. The van der Waals surface area contributed by atoms with E-state index < -0.39 is 0 Å². The Hall–Kier alpha value is -2.67. The van der Waals surface area contributed by atoms with Crippen molar-refractivity contribution in [3.8, 4) is 6.07 Å². The fourth-order valence-corrected chi connectivity index (χ4v) is 1.73. The summed E-state index contributed by atoms with van der Waals surface area (Å²) in [5.74, 6) is -0.242. The molecule has 0 unspecified atom stereocenters. The van der Waals surface area contributed by atoms with Crippen LogP contribution in [0.2, 0.25) is 0 Å². The van der Waals surface area contributed by atoms with Gasteiger partial charge in [-0.3, -0.25) is 9.78 Å². The van der Waals surface area contributed by atoms with Crippen LogP contribution < -0.4 is 4.90 Å². The zero-order chi connectivity index (χ0) is 13.8. The molecular weight excluding hydrogens is 238 g/mol. The molecule has 2 aromatic rings. The number of nitrogens with zero attached hydrogens (tertiary/aromatic N) is 3. The minimum atomic E-state index is -0.242. The Morgan fingerprint density at radius 2 is 1.95 bits per heavy atom. The molecule has 0 saturated heterocycles. The molecule has 94 valence electrons. The van der Waals surface area contributed by atoms with E-state index in [0.717, 1.165) is 11.3 Å². The highest BCUT2D eigenvalue weighted by Gasteiger charge is 2.17. The molecule has 1 amide bonds. The van der Waals surface area contributed by atoms with Crippen LogP contribution in [0.3, 0.4) is 0 Å². The third kappa shape index (κ3) is 2.61. The molecule has 0 fully saturated rings. The third-order valence-corrected chi connectivity index (χ3v) is 2.90. The third-order valence-electron chi connectivity index (χ3n) is 2.90. The topological polar surface area (TPSA) is 57.0 Å². The predicted molar refractivity (Wildman–Crippen MR) is 72.9 cm³/mol. The van der Waals surface area contributed by atoms with E-state index in [2.05, 4.69) is 4.98 Å². The van der Waals surface area contributed by atoms with Crippen molar-refractivity contribution in [1.29, 1.82) is 5.26 Å². The van der Waals surface area contributed by atoms with Gasteiger partial charge in [-0.2, -0.15) is 5.26 Å². The fraction of sp³-hybridized carbons (Fsp3) is 0.133. The second-order valence-electron chi connectivity index (χ2n) is 4.23. The summed E-state index contributed by atoms with van der Waals surface area (Å²) in [4.78, 5) is 17.8. The summed E-state index contributed by atoms with van der Waals surface area (Å²) >= 11 is 0. The second kappa shape index (κ2) is 5.32. The van der Waals surface area contributed by atoms with Crippen molar-refractivity contribution >= 4 is 11.6 Å². The van der Waals surface area contributed by atoms with Crippen molar-refractivity contribution in [2.24, 2.45) is 0 Å². The number of carbonyl (C=O) groups is 1. The number of amides is 1. The first-order valence-corrected chi connectivity index (χ1v) is 5.82. The van der Waals surface area contributed by atoms with Crippen molar-refractivity contribution in [1.82, 2.24) is 4.98 Å². The van der Waals surface area contributed by atoms with Gasteiger partial charge in [0, 0.05) is 25.1 Å².